The molecule has 1 saturated heterocycles. The molecule has 1 heterocycles. The van der Waals surface area contributed by atoms with Gasteiger partial charge in [0.15, 0.2) is 0 Å². The topological polar surface area (TPSA) is 23.5 Å². The number of rotatable bonds is 3. The standard InChI is InChI=1S/C19H31NO/c1-5-13-20-14-6-11-19(21,12-15-20)17-9-7-16(8-10-17)18(2,3)4/h7-10,21H,5-6,11-15H2,1-4H3. The van der Waals surface area contributed by atoms with Crippen LogP contribution in [0.1, 0.15) is 64.5 Å². The number of benzene rings is 1. The first-order chi connectivity index (χ1) is 9.85. The van der Waals surface area contributed by atoms with Crippen molar-refractivity contribution in [1.29, 1.82) is 0 Å². The van der Waals surface area contributed by atoms with Gasteiger partial charge in [0.05, 0.1) is 5.60 Å². The highest BCUT2D eigenvalue weighted by atomic mass is 16.3. The van der Waals surface area contributed by atoms with Gasteiger partial charge in [-0.25, -0.2) is 0 Å². The van der Waals surface area contributed by atoms with Crippen LogP contribution >= 0.6 is 0 Å². The fourth-order valence-electron chi connectivity index (χ4n) is 3.28. The fourth-order valence-corrected chi connectivity index (χ4v) is 3.28. The summed E-state index contributed by atoms with van der Waals surface area (Å²) >= 11 is 0. The van der Waals surface area contributed by atoms with E-state index in [1.807, 2.05) is 0 Å². The first kappa shape index (κ1) is 16.5. The molecule has 0 bridgehead atoms. The molecule has 0 radical (unpaired) electrons. The molecule has 1 aromatic carbocycles. The number of nitrogens with zero attached hydrogens (tertiary/aromatic N) is 1. The molecular weight excluding hydrogens is 258 g/mol. The molecule has 0 amide bonds. The van der Waals surface area contributed by atoms with Crippen molar-refractivity contribution in [3.8, 4) is 0 Å². The van der Waals surface area contributed by atoms with Gasteiger partial charge in [0.25, 0.3) is 0 Å². The Morgan fingerprint density at radius 3 is 2.33 bits per heavy atom. The quantitative estimate of drug-likeness (QED) is 0.907. The van der Waals surface area contributed by atoms with E-state index in [1.165, 1.54) is 12.0 Å². The largest absolute Gasteiger partial charge is 0.385 e. The minimum atomic E-state index is -0.640. The Hall–Kier alpha value is -0.860. The second-order valence-corrected chi connectivity index (χ2v) is 7.55. The third kappa shape index (κ3) is 4.08. The molecule has 1 N–H and O–H groups in total. The molecule has 1 aliphatic heterocycles. The van der Waals surface area contributed by atoms with Crippen LogP contribution in [0.3, 0.4) is 0 Å². The summed E-state index contributed by atoms with van der Waals surface area (Å²) in [6.07, 6.45) is 4.00. The van der Waals surface area contributed by atoms with Crippen molar-refractivity contribution < 1.29 is 5.11 Å². The predicted octanol–water partition coefficient (Wildman–Crippen LogP) is 4.07. The minimum absolute atomic E-state index is 0.169. The number of hydrogen-bond donors (Lipinski definition) is 1. The number of hydrogen-bond acceptors (Lipinski definition) is 2. The summed E-state index contributed by atoms with van der Waals surface area (Å²) in [6.45, 7) is 12.2. The van der Waals surface area contributed by atoms with Crippen molar-refractivity contribution >= 4 is 0 Å². The van der Waals surface area contributed by atoms with Crippen LogP contribution in [0.2, 0.25) is 0 Å². The normalized spacial score (nSPS) is 24.8. The van der Waals surface area contributed by atoms with Crippen LogP contribution in [0, 0.1) is 0 Å². The van der Waals surface area contributed by atoms with Gasteiger partial charge >= 0.3 is 0 Å². The molecule has 0 spiro atoms. The maximum atomic E-state index is 11.1. The molecule has 118 valence electrons. The Bertz CT molecular complexity index is 446. The molecule has 0 aliphatic carbocycles. The highest BCUT2D eigenvalue weighted by Gasteiger charge is 2.31. The van der Waals surface area contributed by atoms with Crippen LogP contribution in [0.15, 0.2) is 24.3 Å². The summed E-state index contributed by atoms with van der Waals surface area (Å²) in [5, 5.41) is 11.1. The Morgan fingerprint density at radius 2 is 1.76 bits per heavy atom. The van der Waals surface area contributed by atoms with Crippen molar-refractivity contribution in [1.82, 2.24) is 4.90 Å². The second kappa shape index (κ2) is 6.50. The van der Waals surface area contributed by atoms with Crippen molar-refractivity contribution in [3.63, 3.8) is 0 Å². The van der Waals surface area contributed by atoms with E-state index in [0.29, 0.717) is 0 Å². The van der Waals surface area contributed by atoms with E-state index in [-0.39, 0.29) is 5.41 Å². The van der Waals surface area contributed by atoms with Gasteiger partial charge < -0.3 is 10.0 Å². The van der Waals surface area contributed by atoms with Crippen molar-refractivity contribution in [2.24, 2.45) is 0 Å². The van der Waals surface area contributed by atoms with E-state index in [2.05, 4.69) is 56.9 Å². The minimum Gasteiger partial charge on any atom is -0.385 e. The fraction of sp³-hybridized carbons (Fsp3) is 0.684. The van der Waals surface area contributed by atoms with E-state index >= 15 is 0 Å². The van der Waals surface area contributed by atoms with E-state index in [4.69, 9.17) is 0 Å². The Balaban J connectivity index is 2.12. The molecule has 0 aromatic heterocycles. The van der Waals surface area contributed by atoms with Gasteiger partial charge in [0.1, 0.15) is 0 Å². The van der Waals surface area contributed by atoms with Crippen molar-refractivity contribution in [2.75, 3.05) is 19.6 Å². The molecule has 0 saturated carbocycles. The lowest BCUT2D eigenvalue weighted by atomic mass is 9.82. The Kier molecular flexibility index (Phi) is 5.11. The van der Waals surface area contributed by atoms with Crippen LogP contribution in [-0.4, -0.2) is 29.6 Å². The van der Waals surface area contributed by atoms with Gasteiger partial charge in [-0.3, -0.25) is 0 Å². The Morgan fingerprint density at radius 1 is 1.10 bits per heavy atom. The molecule has 1 aliphatic rings. The van der Waals surface area contributed by atoms with Crippen molar-refractivity contribution in [3.05, 3.63) is 35.4 Å². The average molecular weight is 289 g/mol. The monoisotopic (exact) mass is 289 g/mol. The second-order valence-electron chi connectivity index (χ2n) is 7.55. The number of likely N-dealkylation sites (tertiary alicyclic amines) is 1. The van der Waals surface area contributed by atoms with Crippen LogP contribution in [-0.2, 0) is 11.0 Å². The van der Waals surface area contributed by atoms with Gasteiger partial charge in [-0.1, -0.05) is 52.0 Å². The maximum Gasteiger partial charge on any atom is 0.0909 e. The van der Waals surface area contributed by atoms with Crippen LogP contribution < -0.4 is 0 Å². The van der Waals surface area contributed by atoms with Gasteiger partial charge in [0, 0.05) is 6.54 Å². The molecule has 2 heteroatoms. The number of aliphatic hydroxyl groups is 1. The lowest BCUT2D eigenvalue weighted by Crippen LogP contribution is -2.29. The van der Waals surface area contributed by atoms with Gasteiger partial charge in [-0.15, -0.1) is 0 Å². The highest BCUT2D eigenvalue weighted by Crippen LogP contribution is 2.34. The van der Waals surface area contributed by atoms with E-state index in [9.17, 15) is 5.11 Å². The zero-order valence-electron chi connectivity index (χ0n) is 14.2. The van der Waals surface area contributed by atoms with E-state index < -0.39 is 5.60 Å². The SMILES string of the molecule is CCCN1CCCC(O)(c2ccc(C(C)(C)C)cc2)CC1. The van der Waals surface area contributed by atoms with Crippen LogP contribution in [0.5, 0.6) is 0 Å². The van der Waals surface area contributed by atoms with Crippen LogP contribution in [0.4, 0.5) is 0 Å². The zero-order valence-corrected chi connectivity index (χ0v) is 14.2. The maximum absolute atomic E-state index is 11.1. The molecule has 1 fully saturated rings. The molecule has 1 unspecified atom stereocenters. The molecule has 2 rings (SSSR count). The lowest BCUT2D eigenvalue weighted by molar-refractivity contribution is 0.0212. The summed E-state index contributed by atoms with van der Waals surface area (Å²) < 4.78 is 0. The summed E-state index contributed by atoms with van der Waals surface area (Å²) in [6, 6.07) is 8.64. The Labute approximate surface area is 130 Å². The highest BCUT2D eigenvalue weighted by molar-refractivity contribution is 5.31. The zero-order chi connectivity index (χ0) is 15.5. The van der Waals surface area contributed by atoms with Gasteiger partial charge in [0.2, 0.25) is 0 Å². The molecule has 21 heavy (non-hydrogen) atoms. The summed E-state index contributed by atoms with van der Waals surface area (Å²) in [5.74, 6) is 0. The summed E-state index contributed by atoms with van der Waals surface area (Å²) in [4.78, 5) is 2.49. The third-order valence-corrected chi connectivity index (χ3v) is 4.73. The molecular formula is C19H31NO. The van der Waals surface area contributed by atoms with Gasteiger partial charge in [-0.05, 0) is 55.3 Å². The summed E-state index contributed by atoms with van der Waals surface area (Å²) in [5.41, 5.74) is 1.95. The van der Waals surface area contributed by atoms with Crippen LogP contribution in [0.25, 0.3) is 0 Å². The van der Waals surface area contributed by atoms with Crippen molar-refractivity contribution in [2.45, 2.75) is 64.4 Å². The lowest BCUT2D eigenvalue weighted by Gasteiger charge is -2.28. The first-order valence-corrected chi connectivity index (χ1v) is 8.41. The average Bonchev–Trinajstić information content (AvgIpc) is 2.62. The van der Waals surface area contributed by atoms with Gasteiger partial charge in [-0.2, -0.15) is 0 Å². The van der Waals surface area contributed by atoms with E-state index in [0.717, 1.165) is 44.5 Å². The third-order valence-electron chi connectivity index (χ3n) is 4.73. The first-order valence-electron chi connectivity index (χ1n) is 8.41. The summed E-state index contributed by atoms with van der Waals surface area (Å²) in [7, 11) is 0. The molecule has 1 aromatic rings. The molecule has 1 atom stereocenters. The predicted molar refractivity (Wildman–Crippen MR) is 89.6 cm³/mol. The molecule has 2 nitrogen and oxygen atoms in total. The van der Waals surface area contributed by atoms with E-state index in [1.54, 1.807) is 0 Å². The smallest absolute Gasteiger partial charge is 0.0909 e.